The van der Waals surface area contributed by atoms with E-state index in [1.165, 1.54) is 10.9 Å². The number of aromatic nitrogens is 2. The van der Waals surface area contributed by atoms with Crippen molar-refractivity contribution in [1.82, 2.24) is 15.1 Å². The average molecular weight is 212 g/mol. The van der Waals surface area contributed by atoms with Crippen molar-refractivity contribution in [3.8, 4) is 0 Å². The topological polar surface area (TPSA) is 72.9 Å². The van der Waals surface area contributed by atoms with Crippen molar-refractivity contribution in [2.45, 2.75) is 25.4 Å². The molecule has 1 heterocycles. The zero-order valence-electron chi connectivity index (χ0n) is 8.24. The Labute approximate surface area is 86.4 Å². The number of anilines is 1. The highest BCUT2D eigenvalue weighted by molar-refractivity contribution is 5.97. The minimum absolute atomic E-state index is 0.0601. The number of nitrogen functional groups attached to an aromatic ring is 1. The van der Waals surface area contributed by atoms with Gasteiger partial charge < -0.3 is 11.1 Å². The largest absolute Gasteiger partial charge is 0.396 e. The number of aryl methyl sites for hydroxylation is 1. The molecule has 0 atom stereocenters. The van der Waals surface area contributed by atoms with Gasteiger partial charge in [0.15, 0.2) is 0 Å². The Bertz CT molecular complexity index is 372. The van der Waals surface area contributed by atoms with Crippen LogP contribution in [-0.2, 0) is 6.54 Å². The highest BCUT2D eigenvalue weighted by atomic mass is 19.1. The summed E-state index contributed by atoms with van der Waals surface area (Å²) in [4.78, 5) is 11.7. The number of hydrogen-bond acceptors (Lipinski definition) is 3. The van der Waals surface area contributed by atoms with Gasteiger partial charge in [-0.2, -0.15) is 5.10 Å². The fraction of sp³-hybridized carbons (Fsp3) is 0.556. The van der Waals surface area contributed by atoms with Gasteiger partial charge in [-0.15, -0.1) is 0 Å². The highest BCUT2D eigenvalue weighted by Crippen LogP contribution is 2.20. The number of rotatable bonds is 4. The summed E-state index contributed by atoms with van der Waals surface area (Å²) in [6.45, 7) is -0.505. The lowest BCUT2D eigenvalue weighted by Gasteiger charge is -2.06. The molecular formula is C9H13FN4O. The van der Waals surface area contributed by atoms with E-state index in [4.69, 9.17) is 5.73 Å². The van der Waals surface area contributed by atoms with E-state index in [2.05, 4.69) is 10.4 Å². The quantitative estimate of drug-likeness (QED) is 0.755. The fourth-order valence-corrected chi connectivity index (χ4v) is 1.38. The van der Waals surface area contributed by atoms with Crippen LogP contribution in [0.5, 0.6) is 0 Å². The number of nitrogens with zero attached hydrogens (tertiary/aromatic N) is 2. The molecule has 82 valence electrons. The summed E-state index contributed by atoms with van der Waals surface area (Å²) in [5.41, 5.74) is 6.16. The summed E-state index contributed by atoms with van der Waals surface area (Å²) in [5.74, 6) is -0.263. The maximum Gasteiger partial charge on any atom is 0.271 e. The number of nitrogens with one attached hydrogen (secondary N) is 1. The van der Waals surface area contributed by atoms with Gasteiger partial charge in [-0.3, -0.25) is 9.48 Å². The van der Waals surface area contributed by atoms with E-state index in [0.29, 0.717) is 5.69 Å². The molecule has 1 aromatic rings. The van der Waals surface area contributed by atoms with Crippen LogP contribution in [0.25, 0.3) is 0 Å². The second kappa shape index (κ2) is 3.88. The second-order valence-electron chi connectivity index (χ2n) is 3.61. The Balaban J connectivity index is 2.15. The summed E-state index contributed by atoms with van der Waals surface area (Å²) in [6, 6.07) is 0.255. The molecule has 0 spiro atoms. The lowest BCUT2D eigenvalue weighted by atomic mass is 10.3. The minimum atomic E-state index is -0.565. The Kier molecular flexibility index (Phi) is 2.57. The molecule has 1 aliphatic rings. The van der Waals surface area contributed by atoms with Gasteiger partial charge in [0.05, 0.1) is 18.4 Å². The van der Waals surface area contributed by atoms with E-state index in [-0.39, 0.29) is 24.2 Å². The number of alkyl halides is 1. The van der Waals surface area contributed by atoms with E-state index >= 15 is 0 Å². The first-order valence-electron chi connectivity index (χ1n) is 4.90. The number of hydrogen-bond donors (Lipinski definition) is 2. The fourth-order valence-electron chi connectivity index (χ4n) is 1.38. The number of carbonyl (C=O) groups excluding carboxylic acids is 1. The van der Waals surface area contributed by atoms with Crippen LogP contribution >= 0.6 is 0 Å². The smallest absolute Gasteiger partial charge is 0.271 e. The van der Waals surface area contributed by atoms with E-state index in [9.17, 15) is 9.18 Å². The predicted molar refractivity (Wildman–Crippen MR) is 53.1 cm³/mol. The predicted octanol–water partition coefficient (Wildman–Crippen LogP) is 0.327. The number of nitrogens with two attached hydrogens (primary N) is 1. The van der Waals surface area contributed by atoms with Gasteiger partial charge in [0, 0.05) is 6.04 Å². The van der Waals surface area contributed by atoms with Gasteiger partial charge in [-0.25, -0.2) is 4.39 Å². The Morgan fingerprint density at radius 3 is 3.07 bits per heavy atom. The molecule has 1 saturated carbocycles. The first kappa shape index (κ1) is 9.95. The van der Waals surface area contributed by atoms with Crippen LogP contribution in [0.4, 0.5) is 10.1 Å². The molecule has 1 aliphatic carbocycles. The van der Waals surface area contributed by atoms with Crippen molar-refractivity contribution < 1.29 is 9.18 Å². The lowest BCUT2D eigenvalue weighted by molar-refractivity contribution is 0.0940. The molecule has 15 heavy (non-hydrogen) atoms. The van der Waals surface area contributed by atoms with Crippen LogP contribution in [0, 0.1) is 0 Å². The molecule has 1 fully saturated rings. The maximum absolute atomic E-state index is 12.2. The molecule has 1 amide bonds. The van der Waals surface area contributed by atoms with E-state index in [1.807, 2.05) is 0 Å². The Morgan fingerprint density at radius 2 is 2.47 bits per heavy atom. The molecule has 0 aliphatic heterocycles. The van der Waals surface area contributed by atoms with Crippen molar-refractivity contribution in [1.29, 1.82) is 0 Å². The summed E-state index contributed by atoms with van der Waals surface area (Å²) in [6.07, 6.45) is 3.38. The van der Waals surface area contributed by atoms with Crippen molar-refractivity contribution in [3.05, 3.63) is 11.9 Å². The van der Waals surface area contributed by atoms with Crippen LogP contribution < -0.4 is 11.1 Å². The first-order valence-corrected chi connectivity index (χ1v) is 4.90. The molecule has 3 N–H and O–H groups in total. The van der Waals surface area contributed by atoms with Crippen molar-refractivity contribution in [3.63, 3.8) is 0 Å². The summed E-state index contributed by atoms with van der Waals surface area (Å²) >= 11 is 0. The Morgan fingerprint density at radius 1 is 1.73 bits per heavy atom. The Hall–Kier alpha value is -1.59. The zero-order chi connectivity index (χ0) is 10.8. The van der Waals surface area contributed by atoms with Crippen molar-refractivity contribution in [2.24, 2.45) is 0 Å². The molecular weight excluding hydrogens is 199 g/mol. The van der Waals surface area contributed by atoms with Gasteiger partial charge in [-0.05, 0) is 12.8 Å². The molecule has 0 saturated heterocycles. The van der Waals surface area contributed by atoms with Gasteiger partial charge in [-0.1, -0.05) is 0 Å². The van der Waals surface area contributed by atoms with Crippen LogP contribution in [-0.4, -0.2) is 28.4 Å². The van der Waals surface area contributed by atoms with E-state index < -0.39 is 6.67 Å². The lowest BCUT2D eigenvalue weighted by Crippen LogP contribution is -2.29. The molecule has 0 bridgehead atoms. The van der Waals surface area contributed by atoms with Crippen molar-refractivity contribution in [2.75, 3.05) is 12.4 Å². The van der Waals surface area contributed by atoms with Crippen LogP contribution in [0.2, 0.25) is 0 Å². The van der Waals surface area contributed by atoms with E-state index in [0.717, 1.165) is 12.8 Å². The maximum atomic E-state index is 12.2. The molecule has 1 aromatic heterocycles. The van der Waals surface area contributed by atoms with Crippen LogP contribution in [0.1, 0.15) is 23.3 Å². The summed E-state index contributed by atoms with van der Waals surface area (Å²) in [7, 11) is 0. The van der Waals surface area contributed by atoms with E-state index in [1.54, 1.807) is 0 Å². The third-order valence-electron chi connectivity index (χ3n) is 2.29. The molecule has 0 radical (unpaired) electrons. The molecule has 6 heteroatoms. The monoisotopic (exact) mass is 212 g/mol. The zero-order valence-corrected chi connectivity index (χ0v) is 8.24. The third kappa shape index (κ3) is 2.08. The van der Waals surface area contributed by atoms with Gasteiger partial charge in [0.1, 0.15) is 12.4 Å². The second-order valence-corrected chi connectivity index (χ2v) is 3.61. The van der Waals surface area contributed by atoms with Gasteiger partial charge >= 0.3 is 0 Å². The molecule has 2 rings (SSSR count). The number of halogens is 1. The average Bonchev–Trinajstić information content (AvgIpc) is 2.91. The van der Waals surface area contributed by atoms with Gasteiger partial charge in [0.25, 0.3) is 5.91 Å². The standard InChI is InChI=1S/C9H13FN4O/c10-3-4-14-8(7(11)5-12-14)9(15)13-6-1-2-6/h5-6H,1-4,11H2,(H,13,15). The molecule has 0 unspecified atom stereocenters. The highest BCUT2D eigenvalue weighted by Gasteiger charge is 2.26. The first-order chi connectivity index (χ1) is 7.22. The summed E-state index contributed by atoms with van der Waals surface area (Å²) in [5, 5.41) is 6.64. The number of amides is 1. The minimum Gasteiger partial charge on any atom is -0.396 e. The molecule has 5 nitrogen and oxygen atoms in total. The van der Waals surface area contributed by atoms with Crippen LogP contribution in [0.3, 0.4) is 0 Å². The van der Waals surface area contributed by atoms with Crippen molar-refractivity contribution >= 4 is 11.6 Å². The van der Waals surface area contributed by atoms with Crippen LogP contribution in [0.15, 0.2) is 6.20 Å². The molecule has 0 aromatic carbocycles. The summed E-state index contributed by atoms with van der Waals surface area (Å²) < 4.78 is 13.5. The normalized spacial score (nSPS) is 15.3. The third-order valence-corrected chi connectivity index (χ3v) is 2.29. The van der Waals surface area contributed by atoms with Gasteiger partial charge in [0.2, 0.25) is 0 Å². The SMILES string of the molecule is Nc1cnn(CCF)c1C(=O)NC1CC1. The number of carbonyl (C=O) groups is 1.